The number of nitrogens with one attached hydrogen (secondary N) is 5. The summed E-state index contributed by atoms with van der Waals surface area (Å²) in [6.07, 6.45) is 10.1. The van der Waals surface area contributed by atoms with E-state index in [-0.39, 0.29) is 12.4 Å². The number of likely N-dealkylation sites (N-methyl/N-ethyl adjacent to an activating group) is 1. The second-order valence-electron chi connectivity index (χ2n) is 17.0. The van der Waals surface area contributed by atoms with Gasteiger partial charge in [-0.15, -0.1) is 0 Å². The van der Waals surface area contributed by atoms with Crippen LogP contribution in [0.4, 0.5) is 0 Å². The molecule has 0 saturated carbocycles. The fraction of sp³-hybridized carbons (Fsp3) is 0.980. The molecule has 1 aliphatic heterocycles. The average Bonchev–Trinajstić information content (AvgIpc) is 3.70. The molecule has 59 heavy (non-hydrogen) atoms. The fourth-order valence-electron chi connectivity index (χ4n) is 3.81. The minimum Gasteiger partial charge on any atom is -0.382 e. The van der Waals surface area contributed by atoms with Gasteiger partial charge in [0.15, 0.2) is 5.78 Å². The third kappa shape index (κ3) is 97.9. The largest absolute Gasteiger partial charge is 0.382 e. The van der Waals surface area contributed by atoms with E-state index >= 15 is 0 Å². The summed E-state index contributed by atoms with van der Waals surface area (Å²) in [6, 6.07) is 0.771. The third-order valence-corrected chi connectivity index (χ3v) is 7.47. The Balaban J connectivity index is -0.0000000702. The maximum Gasteiger partial charge on any atom is 0.155 e. The second kappa shape index (κ2) is 66.4. The maximum absolute atomic E-state index is 10.1. The van der Waals surface area contributed by atoms with Gasteiger partial charge in [0, 0.05) is 37.4 Å². The summed E-state index contributed by atoms with van der Waals surface area (Å²) in [5.41, 5.74) is 1.11. The molecule has 1 saturated heterocycles. The number of hydrogen-bond donors (Lipinski definition) is 5. The number of ketones is 1. The molecule has 0 spiro atoms. The minimum absolute atomic E-state index is 0.0850. The van der Waals surface area contributed by atoms with Crippen molar-refractivity contribution < 1.29 is 19.0 Å². The SMILES string of the molecule is CC(C)(C)C1CCCN1C(C)(C)C.CCC.CCC.CCC.CCC(C)(C)NC.CCCNC.CCCNC.CCNC.CCOCC(C)=O.CNCCOCCOC. The third-order valence-electron chi connectivity index (χ3n) is 7.47. The van der Waals surface area contributed by atoms with Crippen LogP contribution in [0.15, 0.2) is 0 Å². The number of Topliss-reactive ketones (excluding diaryl/α,β-unsaturated/α-hetero) is 1. The van der Waals surface area contributed by atoms with E-state index in [2.05, 4.69) is 156 Å². The van der Waals surface area contributed by atoms with Gasteiger partial charge in [-0.3, -0.25) is 9.69 Å². The van der Waals surface area contributed by atoms with E-state index in [0.717, 1.165) is 38.8 Å². The van der Waals surface area contributed by atoms with Gasteiger partial charge in [-0.1, -0.05) is 109 Å². The Morgan fingerprint density at radius 1 is 0.627 bits per heavy atom. The Kier molecular flexibility index (Phi) is 88.7. The quantitative estimate of drug-likeness (QED) is 0.0963. The van der Waals surface area contributed by atoms with E-state index < -0.39 is 0 Å². The Morgan fingerprint density at radius 2 is 1.03 bits per heavy atom. The molecule has 0 amide bonds. The lowest BCUT2D eigenvalue weighted by Gasteiger charge is -2.43. The lowest BCUT2D eigenvalue weighted by atomic mass is 9.83. The highest BCUT2D eigenvalue weighted by molar-refractivity contribution is 5.76. The first-order valence-corrected chi connectivity index (χ1v) is 23.7. The van der Waals surface area contributed by atoms with Crippen LogP contribution >= 0.6 is 0 Å². The molecule has 0 aromatic heterocycles. The zero-order valence-electron chi connectivity index (χ0n) is 45.9. The number of methoxy groups -OCH3 is 1. The number of likely N-dealkylation sites (tertiary alicyclic amines) is 1. The van der Waals surface area contributed by atoms with Crippen molar-refractivity contribution in [1.29, 1.82) is 0 Å². The number of carbonyl (C=O) groups is 1. The highest BCUT2D eigenvalue weighted by Crippen LogP contribution is 2.36. The van der Waals surface area contributed by atoms with Gasteiger partial charge in [0.25, 0.3) is 0 Å². The van der Waals surface area contributed by atoms with Crippen molar-refractivity contribution in [2.75, 3.05) is 108 Å². The van der Waals surface area contributed by atoms with E-state index in [1.54, 1.807) is 7.11 Å². The highest BCUT2D eigenvalue weighted by atomic mass is 16.5. The van der Waals surface area contributed by atoms with Gasteiger partial charge in [0.05, 0.1) is 19.8 Å². The molecule has 1 fully saturated rings. The number of rotatable bonds is 16. The van der Waals surface area contributed by atoms with Gasteiger partial charge in [0.1, 0.15) is 6.61 Å². The molecule has 0 aliphatic carbocycles. The van der Waals surface area contributed by atoms with E-state index in [0.29, 0.717) is 36.3 Å². The standard InChI is InChI=1S/C12H25N.C6H15NO2.C6H15N.C5H10O2.2C4H11N.C3H9N.3C3H8/c1-11(2,3)10-8-7-9-13(10)12(4,5)6;1-7-3-4-9-6-5-8-2;1-5-6(2,3)7-4;1-3-7-4-5(2)6;2*1-3-4-5-2;1-3-4-2;3*1-3-2/h10H,7-9H2,1-6H3;7H,3-6H2,1-2H3;7H,5H2,1-4H3;3-4H2,1-2H3;2*5H,3-4H2,1-2H3;4H,3H2,1-2H3;3*3H2,1-2H3. The van der Waals surface area contributed by atoms with Crippen LogP contribution in [0.3, 0.4) is 0 Å². The van der Waals surface area contributed by atoms with E-state index in [1.165, 1.54) is 64.8 Å². The maximum atomic E-state index is 10.1. The zero-order chi connectivity index (χ0) is 48.6. The Morgan fingerprint density at radius 3 is 1.20 bits per heavy atom. The van der Waals surface area contributed by atoms with Gasteiger partial charge in [0.2, 0.25) is 0 Å². The molecule has 0 bridgehead atoms. The van der Waals surface area contributed by atoms with Gasteiger partial charge in [-0.2, -0.15) is 0 Å². The van der Waals surface area contributed by atoms with Gasteiger partial charge in [-0.25, -0.2) is 0 Å². The molecule has 10 nitrogen and oxygen atoms in total. The first-order chi connectivity index (χ1) is 27.5. The number of nitrogens with zero attached hydrogens (tertiary/aromatic N) is 1. The highest BCUT2D eigenvalue weighted by Gasteiger charge is 2.39. The van der Waals surface area contributed by atoms with Crippen molar-refractivity contribution in [2.24, 2.45) is 5.41 Å². The number of hydrogen-bond acceptors (Lipinski definition) is 10. The summed E-state index contributed by atoms with van der Waals surface area (Å²) in [5.74, 6) is 0.0850. The number of ether oxygens (including phenoxy) is 3. The molecule has 370 valence electrons. The van der Waals surface area contributed by atoms with E-state index in [4.69, 9.17) is 14.2 Å². The molecule has 1 rings (SSSR count). The molecule has 10 heteroatoms. The molecule has 5 N–H and O–H groups in total. The van der Waals surface area contributed by atoms with E-state index in [1.807, 2.05) is 42.2 Å². The summed E-state index contributed by atoms with van der Waals surface area (Å²) in [7, 11) is 11.4. The molecule has 1 unspecified atom stereocenters. The summed E-state index contributed by atoms with van der Waals surface area (Å²) >= 11 is 0. The molecule has 1 aliphatic rings. The first kappa shape index (κ1) is 78.8. The van der Waals surface area contributed by atoms with Crippen molar-refractivity contribution in [1.82, 2.24) is 31.5 Å². The fourth-order valence-corrected chi connectivity index (χ4v) is 3.81. The van der Waals surface area contributed by atoms with Crippen LogP contribution in [-0.2, 0) is 19.0 Å². The molecule has 1 atom stereocenters. The molecular weight excluding hydrogens is 737 g/mol. The predicted molar refractivity (Wildman–Crippen MR) is 272 cm³/mol. The molecule has 0 aromatic carbocycles. The topological polar surface area (TPSA) is 108 Å². The normalized spacial score (nSPS) is 12.7. The number of carbonyl (C=O) groups excluding carboxylic acids is 1. The van der Waals surface area contributed by atoms with Crippen molar-refractivity contribution in [3.8, 4) is 0 Å². The van der Waals surface area contributed by atoms with Gasteiger partial charge in [-0.05, 0) is 147 Å². The van der Waals surface area contributed by atoms with E-state index in [9.17, 15) is 4.79 Å². The molecule has 0 radical (unpaired) electrons. The second-order valence-corrected chi connectivity index (χ2v) is 17.0. The summed E-state index contributed by atoms with van der Waals surface area (Å²) in [4.78, 5) is 12.8. The van der Waals surface area contributed by atoms with Crippen molar-refractivity contribution >= 4 is 5.78 Å². The lowest BCUT2D eigenvalue weighted by Crippen LogP contribution is -2.49. The minimum atomic E-state index is 0.0850. The Labute approximate surface area is 375 Å². The van der Waals surface area contributed by atoms with Crippen LogP contribution in [-0.4, -0.2) is 136 Å². The first-order valence-electron chi connectivity index (χ1n) is 23.7. The summed E-state index contributed by atoms with van der Waals surface area (Å²) in [5, 5.41) is 15.1. The predicted octanol–water partition coefficient (Wildman–Crippen LogP) is 10.9. The van der Waals surface area contributed by atoms with Crippen molar-refractivity contribution in [3.63, 3.8) is 0 Å². The molecule has 1 heterocycles. The van der Waals surface area contributed by atoms with Crippen LogP contribution in [0, 0.1) is 5.41 Å². The van der Waals surface area contributed by atoms with Crippen LogP contribution < -0.4 is 26.6 Å². The van der Waals surface area contributed by atoms with Gasteiger partial charge >= 0.3 is 0 Å². The lowest BCUT2D eigenvalue weighted by molar-refractivity contribution is -0.121. The Hall–Kier alpha value is -0.690. The van der Waals surface area contributed by atoms with Crippen LogP contribution in [0.5, 0.6) is 0 Å². The smallest absolute Gasteiger partial charge is 0.155 e. The average molecular weight is 858 g/mol. The van der Waals surface area contributed by atoms with Crippen molar-refractivity contribution in [3.05, 3.63) is 0 Å². The monoisotopic (exact) mass is 857 g/mol. The molecular formula is C49H120N6O4. The van der Waals surface area contributed by atoms with Crippen LogP contribution in [0.1, 0.15) is 190 Å². The molecule has 0 aromatic rings. The summed E-state index contributed by atoms with van der Waals surface area (Å²) < 4.78 is 14.6. The Bertz CT molecular complexity index is 623. The van der Waals surface area contributed by atoms with Gasteiger partial charge < -0.3 is 40.8 Å². The van der Waals surface area contributed by atoms with Crippen molar-refractivity contribution in [2.45, 2.75) is 207 Å². The van der Waals surface area contributed by atoms with Crippen LogP contribution in [0.25, 0.3) is 0 Å². The summed E-state index contributed by atoms with van der Waals surface area (Å²) in [6.45, 7) is 51.7. The zero-order valence-corrected chi connectivity index (χ0v) is 45.9. The van der Waals surface area contributed by atoms with Crippen LogP contribution in [0.2, 0.25) is 0 Å².